The third kappa shape index (κ3) is 5.25. The highest BCUT2D eigenvalue weighted by atomic mass is 31.3. The van der Waals surface area contributed by atoms with E-state index in [1.54, 1.807) is 0 Å². The Labute approximate surface area is 189 Å². The van der Waals surface area contributed by atoms with Gasteiger partial charge in [-0.25, -0.2) is 13.9 Å². The van der Waals surface area contributed by atoms with Crippen LogP contribution in [0.25, 0.3) is 0 Å². The molecule has 0 saturated carbocycles. The van der Waals surface area contributed by atoms with E-state index < -0.39 is 83.0 Å². The molecule has 18 nitrogen and oxygen atoms in total. The molecule has 0 amide bonds. The molecule has 3 rings (SSSR count). The van der Waals surface area contributed by atoms with Gasteiger partial charge >= 0.3 is 21.3 Å². The van der Waals surface area contributed by atoms with Gasteiger partial charge in [-0.2, -0.15) is 9.29 Å². The molecule has 2 saturated heterocycles. The summed E-state index contributed by atoms with van der Waals surface area (Å²) in [7, 11) is -10.9. The standard InChI is InChI=1S/C14H23N3O15P2/c15-7-1-2-17(13(23)16-7)14(12-10(21)8(19)5(18)3-29-12)11(22)9(20)6(31-14)4-30-34(27,28)32-33(24,25)26/h1-2,5-6,8-12,18-22H,3-4H2,(H,27,28)(H2,15,16,23)(H2,24,25,26)/t5-,6-,8-,9-,10+,11-,12?,14+/m1/s1. The summed E-state index contributed by atoms with van der Waals surface area (Å²) in [5.41, 5.74) is 1.74. The minimum atomic E-state index is -5.46. The molecule has 20 heteroatoms. The number of anilines is 1. The van der Waals surface area contributed by atoms with Gasteiger partial charge in [0.2, 0.25) is 5.72 Å². The highest BCUT2D eigenvalue weighted by Crippen LogP contribution is 2.58. The molecule has 194 valence electrons. The maximum atomic E-state index is 12.6. The Balaban J connectivity index is 2.00. The molecule has 0 spiro atoms. The van der Waals surface area contributed by atoms with E-state index in [9.17, 15) is 44.4 Å². The lowest BCUT2D eigenvalue weighted by Gasteiger charge is -2.46. The second kappa shape index (κ2) is 9.61. The number of aliphatic hydroxyl groups excluding tert-OH is 5. The maximum absolute atomic E-state index is 12.6. The van der Waals surface area contributed by atoms with Gasteiger partial charge in [0, 0.05) is 6.20 Å². The number of nitrogens with two attached hydrogens (primary N) is 1. The van der Waals surface area contributed by atoms with Crippen LogP contribution in [-0.2, 0) is 33.2 Å². The smallest absolute Gasteiger partial charge is 0.388 e. The van der Waals surface area contributed by atoms with Crippen LogP contribution in [0.1, 0.15) is 0 Å². The molecule has 0 bridgehead atoms. The van der Waals surface area contributed by atoms with Crippen molar-refractivity contribution in [3.05, 3.63) is 22.7 Å². The second-order valence-corrected chi connectivity index (χ2v) is 10.3. The van der Waals surface area contributed by atoms with E-state index in [4.69, 9.17) is 25.0 Å². The van der Waals surface area contributed by atoms with E-state index in [-0.39, 0.29) is 5.82 Å². The molecule has 34 heavy (non-hydrogen) atoms. The average molecular weight is 535 g/mol. The van der Waals surface area contributed by atoms with E-state index in [1.807, 2.05) is 0 Å². The van der Waals surface area contributed by atoms with Crippen LogP contribution in [0, 0.1) is 0 Å². The number of phosphoric ester groups is 1. The minimum absolute atomic E-state index is 0.249. The van der Waals surface area contributed by atoms with Crippen molar-refractivity contribution < 1.29 is 67.7 Å². The van der Waals surface area contributed by atoms with Gasteiger partial charge in [0.05, 0.1) is 13.2 Å². The molecule has 2 aliphatic rings. The largest absolute Gasteiger partial charge is 0.481 e. The van der Waals surface area contributed by atoms with Crippen molar-refractivity contribution in [1.29, 1.82) is 0 Å². The lowest BCUT2D eigenvalue weighted by atomic mass is 9.87. The third-order valence-electron chi connectivity index (χ3n) is 5.19. The minimum Gasteiger partial charge on any atom is -0.388 e. The van der Waals surface area contributed by atoms with Gasteiger partial charge in [-0.1, -0.05) is 0 Å². The molecule has 2 aliphatic heterocycles. The number of hydrogen-bond acceptors (Lipinski definition) is 14. The molecule has 0 aliphatic carbocycles. The van der Waals surface area contributed by atoms with Gasteiger partial charge in [0.15, 0.2) is 0 Å². The number of aromatic nitrogens is 2. The third-order valence-corrected chi connectivity index (χ3v) is 7.34. The zero-order chi connectivity index (χ0) is 25.6. The Bertz CT molecular complexity index is 1050. The molecule has 1 aromatic rings. The zero-order valence-electron chi connectivity index (χ0n) is 16.9. The molecular weight excluding hydrogens is 512 g/mol. The Hall–Kier alpha value is -1.34. The number of hydrogen-bond donors (Lipinski definition) is 9. The van der Waals surface area contributed by atoms with Gasteiger partial charge in [-0.3, -0.25) is 9.09 Å². The van der Waals surface area contributed by atoms with Gasteiger partial charge in [0.25, 0.3) is 0 Å². The number of ether oxygens (including phenoxy) is 2. The molecule has 0 radical (unpaired) electrons. The highest BCUT2D eigenvalue weighted by Gasteiger charge is 2.64. The number of phosphoric acid groups is 2. The summed E-state index contributed by atoms with van der Waals surface area (Å²) in [6, 6.07) is 1.09. The lowest BCUT2D eigenvalue weighted by molar-refractivity contribution is -0.288. The molecule has 2 fully saturated rings. The monoisotopic (exact) mass is 535 g/mol. The number of nitrogens with zero attached hydrogens (tertiary/aromatic N) is 2. The predicted molar refractivity (Wildman–Crippen MR) is 104 cm³/mol. The van der Waals surface area contributed by atoms with Crippen molar-refractivity contribution in [1.82, 2.24) is 9.55 Å². The fourth-order valence-electron chi connectivity index (χ4n) is 3.71. The van der Waals surface area contributed by atoms with Crippen molar-refractivity contribution >= 4 is 21.5 Å². The summed E-state index contributed by atoms with van der Waals surface area (Å²) in [6.07, 6.45) is -12.3. The van der Waals surface area contributed by atoms with E-state index in [1.165, 1.54) is 0 Å². The predicted octanol–water partition coefficient (Wildman–Crippen LogP) is -4.69. The number of rotatable bonds is 7. The Morgan fingerprint density at radius 3 is 2.38 bits per heavy atom. The Morgan fingerprint density at radius 2 is 1.79 bits per heavy atom. The summed E-state index contributed by atoms with van der Waals surface area (Å²) in [6.45, 7) is -1.73. The van der Waals surface area contributed by atoms with E-state index >= 15 is 0 Å². The van der Waals surface area contributed by atoms with E-state index in [0.717, 1.165) is 12.3 Å². The molecule has 9 atom stereocenters. The summed E-state index contributed by atoms with van der Waals surface area (Å²) in [5, 5.41) is 51.8. The first-order valence-electron chi connectivity index (χ1n) is 9.38. The second-order valence-electron chi connectivity index (χ2n) is 7.49. The van der Waals surface area contributed by atoms with Crippen molar-refractivity contribution in [3.8, 4) is 0 Å². The Kier molecular flexibility index (Phi) is 7.70. The van der Waals surface area contributed by atoms with Crippen molar-refractivity contribution in [2.75, 3.05) is 18.9 Å². The quantitative estimate of drug-likeness (QED) is 0.148. The van der Waals surface area contributed by atoms with Crippen LogP contribution in [0.15, 0.2) is 17.1 Å². The SMILES string of the molecule is Nc1ccn([C@]2(C3OC[C@@H](O)[C@@H](O)[C@@H]3O)O[C@H](COP(=O)(O)OP(=O)(O)O)[C@@H](O)[C@H]2O)c(=O)n1. The molecule has 0 aromatic carbocycles. The van der Waals surface area contributed by atoms with E-state index in [0.29, 0.717) is 4.57 Å². The molecule has 2 unspecified atom stereocenters. The van der Waals surface area contributed by atoms with Crippen molar-refractivity contribution in [3.63, 3.8) is 0 Å². The van der Waals surface area contributed by atoms with Crippen LogP contribution < -0.4 is 11.4 Å². The van der Waals surface area contributed by atoms with Crippen molar-refractivity contribution in [2.45, 2.75) is 48.5 Å². The van der Waals surface area contributed by atoms with Gasteiger partial charge < -0.3 is 55.4 Å². The summed E-state index contributed by atoms with van der Waals surface area (Å²) >= 11 is 0. The summed E-state index contributed by atoms with van der Waals surface area (Å²) < 4.78 is 42.1. The molecule has 10 N–H and O–H groups in total. The molecule has 1 aromatic heterocycles. The normalized spacial score (nSPS) is 38.5. The van der Waals surface area contributed by atoms with Crippen molar-refractivity contribution in [2.24, 2.45) is 0 Å². The van der Waals surface area contributed by atoms with E-state index in [2.05, 4.69) is 13.8 Å². The van der Waals surface area contributed by atoms with Crippen LogP contribution in [0.5, 0.6) is 0 Å². The Morgan fingerprint density at radius 1 is 1.15 bits per heavy atom. The fourth-order valence-corrected chi connectivity index (χ4v) is 5.31. The first-order chi connectivity index (χ1) is 15.6. The lowest BCUT2D eigenvalue weighted by Crippen LogP contribution is -2.67. The number of nitrogen functional groups attached to an aromatic ring is 1. The molecule has 3 heterocycles. The topological polar surface area (TPSA) is 294 Å². The first-order valence-corrected chi connectivity index (χ1v) is 12.4. The molecular formula is C14H23N3O15P2. The highest BCUT2D eigenvalue weighted by molar-refractivity contribution is 7.60. The van der Waals surface area contributed by atoms with Crippen LogP contribution in [-0.4, -0.2) is 106 Å². The van der Waals surface area contributed by atoms with Crippen LogP contribution >= 0.6 is 15.6 Å². The first kappa shape index (κ1) is 27.3. The summed E-state index contributed by atoms with van der Waals surface area (Å²) in [5.74, 6) is -0.249. The average Bonchev–Trinajstić information content (AvgIpc) is 2.95. The fraction of sp³-hybridized carbons (Fsp3) is 0.714. The summed E-state index contributed by atoms with van der Waals surface area (Å²) in [4.78, 5) is 42.9. The van der Waals surface area contributed by atoms with Crippen LogP contribution in [0.4, 0.5) is 5.82 Å². The van der Waals surface area contributed by atoms with Crippen LogP contribution in [0.3, 0.4) is 0 Å². The van der Waals surface area contributed by atoms with Gasteiger partial charge in [-0.15, -0.1) is 0 Å². The maximum Gasteiger partial charge on any atom is 0.481 e. The van der Waals surface area contributed by atoms with Gasteiger partial charge in [-0.05, 0) is 6.07 Å². The van der Waals surface area contributed by atoms with Crippen LogP contribution in [0.2, 0.25) is 0 Å². The zero-order valence-corrected chi connectivity index (χ0v) is 18.7. The van der Waals surface area contributed by atoms with Gasteiger partial charge in [0.1, 0.15) is 48.5 Å². The number of aliphatic hydroxyl groups is 5.